The number of fused-ring (bicyclic) bond motifs is 1. The third-order valence-electron chi connectivity index (χ3n) is 4.93. The van der Waals surface area contributed by atoms with E-state index in [1.165, 1.54) is 6.26 Å². The van der Waals surface area contributed by atoms with Gasteiger partial charge in [-0.15, -0.1) is 0 Å². The number of nitriles is 1. The molecular weight excluding hydrogens is 334 g/mol. The summed E-state index contributed by atoms with van der Waals surface area (Å²) in [5.41, 5.74) is 7.03. The number of furan rings is 1. The Morgan fingerprint density at radius 3 is 2.96 bits per heavy atom. The first-order chi connectivity index (χ1) is 12.6. The SMILES string of the molecule is Cc1cc2c(c(=O)n1C[C@@H]1CCCO1)[C@H](c1ccco1)C(C#N)=C(N)O2. The Morgan fingerprint density at radius 1 is 1.46 bits per heavy atom. The number of rotatable bonds is 3. The average Bonchev–Trinajstić information content (AvgIpc) is 3.31. The van der Waals surface area contributed by atoms with E-state index in [4.69, 9.17) is 19.6 Å². The van der Waals surface area contributed by atoms with E-state index < -0.39 is 5.92 Å². The van der Waals surface area contributed by atoms with Gasteiger partial charge in [0.15, 0.2) is 0 Å². The summed E-state index contributed by atoms with van der Waals surface area (Å²) in [5.74, 6) is 0.173. The fraction of sp³-hybridized carbons (Fsp3) is 0.368. The van der Waals surface area contributed by atoms with Gasteiger partial charge in [-0.25, -0.2) is 0 Å². The maximum Gasteiger partial charge on any atom is 0.258 e. The van der Waals surface area contributed by atoms with Gasteiger partial charge in [0, 0.05) is 18.4 Å². The van der Waals surface area contributed by atoms with Gasteiger partial charge >= 0.3 is 0 Å². The summed E-state index contributed by atoms with van der Waals surface area (Å²) < 4.78 is 18.5. The highest BCUT2D eigenvalue weighted by molar-refractivity contribution is 5.53. The summed E-state index contributed by atoms with van der Waals surface area (Å²) in [7, 11) is 0. The number of nitrogens with two attached hydrogens (primary N) is 1. The molecule has 2 atom stereocenters. The lowest BCUT2D eigenvalue weighted by atomic mass is 9.88. The molecule has 0 radical (unpaired) electrons. The van der Waals surface area contributed by atoms with E-state index in [0.29, 0.717) is 23.6 Å². The van der Waals surface area contributed by atoms with Crippen molar-refractivity contribution in [3.63, 3.8) is 0 Å². The lowest BCUT2D eigenvalue weighted by molar-refractivity contribution is 0.0954. The number of allylic oxidation sites excluding steroid dienone is 1. The molecule has 7 heteroatoms. The molecule has 2 aliphatic heterocycles. The smallest absolute Gasteiger partial charge is 0.258 e. The normalized spacial score (nSPS) is 22.0. The largest absolute Gasteiger partial charge is 0.468 e. The standard InChI is InChI=1S/C19H19N3O4/c1-11-8-15-17(19(23)22(11)10-12-4-2-6-24-12)16(14-5-3-7-25-14)13(9-20)18(21)26-15/h3,5,7-8,12,16H,2,4,6,10,21H2,1H3/t12-,16-/m0/s1. The first-order valence-corrected chi connectivity index (χ1v) is 8.57. The van der Waals surface area contributed by atoms with Crippen LogP contribution in [0.3, 0.4) is 0 Å². The number of pyridine rings is 1. The minimum absolute atomic E-state index is 0.00271. The maximum atomic E-state index is 13.3. The van der Waals surface area contributed by atoms with Crippen LogP contribution in [-0.4, -0.2) is 17.3 Å². The fourth-order valence-electron chi connectivity index (χ4n) is 3.65. The molecule has 0 bridgehead atoms. The Morgan fingerprint density at radius 2 is 2.31 bits per heavy atom. The molecule has 4 heterocycles. The van der Waals surface area contributed by atoms with Gasteiger partial charge in [-0.05, 0) is 31.9 Å². The number of hydrogen-bond acceptors (Lipinski definition) is 6. The van der Waals surface area contributed by atoms with E-state index in [1.54, 1.807) is 22.8 Å². The lowest BCUT2D eigenvalue weighted by Gasteiger charge is -2.26. The molecule has 0 amide bonds. The highest BCUT2D eigenvalue weighted by Crippen LogP contribution is 2.40. The van der Waals surface area contributed by atoms with Crippen molar-refractivity contribution in [1.82, 2.24) is 4.57 Å². The molecule has 1 fully saturated rings. The summed E-state index contributed by atoms with van der Waals surface area (Å²) in [6, 6.07) is 7.29. The van der Waals surface area contributed by atoms with Crippen molar-refractivity contribution in [2.75, 3.05) is 6.61 Å². The Balaban J connectivity index is 1.88. The number of ether oxygens (including phenoxy) is 2. The first kappa shape index (κ1) is 16.5. The molecule has 0 spiro atoms. The Kier molecular flexibility index (Phi) is 4.05. The summed E-state index contributed by atoms with van der Waals surface area (Å²) in [6.07, 6.45) is 3.46. The second kappa shape index (κ2) is 6.39. The zero-order valence-corrected chi connectivity index (χ0v) is 14.4. The molecular formula is C19H19N3O4. The van der Waals surface area contributed by atoms with Crippen LogP contribution in [0.1, 0.15) is 35.8 Å². The Bertz CT molecular complexity index is 960. The Labute approximate surface area is 150 Å². The van der Waals surface area contributed by atoms with Gasteiger partial charge in [0.25, 0.3) is 5.56 Å². The van der Waals surface area contributed by atoms with Gasteiger partial charge in [0.1, 0.15) is 23.2 Å². The molecule has 2 aromatic heterocycles. The zero-order valence-electron chi connectivity index (χ0n) is 14.4. The van der Waals surface area contributed by atoms with E-state index in [9.17, 15) is 10.1 Å². The minimum atomic E-state index is -0.678. The molecule has 4 rings (SSSR count). The molecule has 134 valence electrons. The average molecular weight is 353 g/mol. The number of nitrogens with zero attached hydrogens (tertiary/aromatic N) is 2. The molecule has 0 saturated carbocycles. The van der Waals surface area contributed by atoms with Gasteiger partial charge in [-0.2, -0.15) is 5.26 Å². The van der Waals surface area contributed by atoms with Crippen LogP contribution in [0, 0.1) is 18.3 Å². The van der Waals surface area contributed by atoms with Crippen molar-refractivity contribution in [1.29, 1.82) is 5.26 Å². The molecule has 0 unspecified atom stereocenters. The van der Waals surface area contributed by atoms with Crippen LogP contribution in [-0.2, 0) is 11.3 Å². The van der Waals surface area contributed by atoms with Gasteiger partial charge in [-0.3, -0.25) is 4.79 Å². The summed E-state index contributed by atoms with van der Waals surface area (Å²) >= 11 is 0. The van der Waals surface area contributed by atoms with E-state index in [2.05, 4.69) is 6.07 Å². The van der Waals surface area contributed by atoms with Gasteiger partial charge < -0.3 is 24.2 Å². The number of aryl methyl sites for hydroxylation is 1. The van der Waals surface area contributed by atoms with Crippen LogP contribution >= 0.6 is 0 Å². The summed E-state index contributed by atoms with van der Waals surface area (Å²) in [6.45, 7) is 3.05. The lowest BCUT2D eigenvalue weighted by Crippen LogP contribution is -2.34. The molecule has 2 aliphatic rings. The van der Waals surface area contributed by atoms with Crippen LogP contribution in [0.4, 0.5) is 0 Å². The van der Waals surface area contributed by atoms with Crippen molar-refractivity contribution in [3.8, 4) is 11.8 Å². The molecule has 0 aromatic carbocycles. The molecule has 2 aromatic rings. The van der Waals surface area contributed by atoms with E-state index in [-0.39, 0.29) is 23.1 Å². The molecule has 7 nitrogen and oxygen atoms in total. The Hall–Kier alpha value is -2.98. The van der Waals surface area contributed by atoms with Crippen molar-refractivity contribution < 1.29 is 13.9 Å². The van der Waals surface area contributed by atoms with Crippen molar-refractivity contribution in [2.24, 2.45) is 5.73 Å². The second-order valence-corrected chi connectivity index (χ2v) is 6.55. The summed E-state index contributed by atoms with van der Waals surface area (Å²) in [5, 5.41) is 9.56. The fourth-order valence-corrected chi connectivity index (χ4v) is 3.65. The predicted octanol–water partition coefficient (Wildman–Crippen LogP) is 2.15. The van der Waals surface area contributed by atoms with Crippen molar-refractivity contribution in [2.45, 2.75) is 38.3 Å². The van der Waals surface area contributed by atoms with Crippen LogP contribution in [0.2, 0.25) is 0 Å². The van der Waals surface area contributed by atoms with Crippen LogP contribution < -0.4 is 16.0 Å². The summed E-state index contributed by atoms with van der Waals surface area (Å²) in [4.78, 5) is 13.3. The van der Waals surface area contributed by atoms with Gasteiger partial charge in [-0.1, -0.05) is 0 Å². The molecule has 1 saturated heterocycles. The highest BCUT2D eigenvalue weighted by atomic mass is 16.5. The molecule has 26 heavy (non-hydrogen) atoms. The van der Waals surface area contributed by atoms with Crippen molar-refractivity contribution >= 4 is 0 Å². The van der Waals surface area contributed by atoms with Crippen LogP contribution in [0.25, 0.3) is 0 Å². The van der Waals surface area contributed by atoms with Crippen LogP contribution in [0.15, 0.2) is 45.1 Å². The third kappa shape index (κ3) is 2.59. The number of hydrogen-bond donors (Lipinski definition) is 1. The monoisotopic (exact) mass is 353 g/mol. The van der Waals surface area contributed by atoms with Gasteiger partial charge in [0.2, 0.25) is 5.88 Å². The van der Waals surface area contributed by atoms with Crippen molar-refractivity contribution in [3.05, 3.63) is 63.3 Å². The number of aromatic nitrogens is 1. The first-order valence-electron chi connectivity index (χ1n) is 8.57. The highest BCUT2D eigenvalue weighted by Gasteiger charge is 2.36. The quantitative estimate of drug-likeness (QED) is 0.907. The van der Waals surface area contributed by atoms with E-state index in [0.717, 1.165) is 25.1 Å². The molecule has 0 aliphatic carbocycles. The maximum absolute atomic E-state index is 13.3. The van der Waals surface area contributed by atoms with Crippen LogP contribution in [0.5, 0.6) is 5.75 Å². The topological polar surface area (TPSA) is 103 Å². The van der Waals surface area contributed by atoms with E-state index in [1.807, 2.05) is 6.92 Å². The van der Waals surface area contributed by atoms with E-state index >= 15 is 0 Å². The predicted molar refractivity (Wildman–Crippen MR) is 92.4 cm³/mol. The van der Waals surface area contributed by atoms with Gasteiger partial charge in [0.05, 0.1) is 30.4 Å². The second-order valence-electron chi connectivity index (χ2n) is 6.55. The minimum Gasteiger partial charge on any atom is -0.468 e. The third-order valence-corrected chi connectivity index (χ3v) is 4.93. The zero-order chi connectivity index (χ0) is 18.3. The molecule has 2 N–H and O–H groups in total.